The maximum atomic E-state index is 12.0. The minimum absolute atomic E-state index is 0.0102. The third kappa shape index (κ3) is 4.13. The maximum absolute atomic E-state index is 12.0. The fourth-order valence-electron chi connectivity index (χ4n) is 2.33. The van der Waals surface area contributed by atoms with Crippen LogP contribution < -0.4 is 5.32 Å². The third-order valence-electron chi connectivity index (χ3n) is 3.55. The lowest BCUT2D eigenvalue weighted by Crippen LogP contribution is -2.13. The van der Waals surface area contributed by atoms with Crippen molar-refractivity contribution in [2.45, 2.75) is 6.61 Å². The van der Waals surface area contributed by atoms with Crippen LogP contribution >= 0.6 is 23.2 Å². The summed E-state index contributed by atoms with van der Waals surface area (Å²) in [5.41, 5.74) is 2.84. The van der Waals surface area contributed by atoms with Crippen LogP contribution in [0.3, 0.4) is 0 Å². The van der Waals surface area contributed by atoms with Gasteiger partial charge in [-0.15, -0.1) is 0 Å². The zero-order valence-corrected chi connectivity index (χ0v) is 14.9. The molecule has 3 aromatic rings. The lowest BCUT2D eigenvalue weighted by Gasteiger charge is -2.08. The van der Waals surface area contributed by atoms with Crippen molar-refractivity contribution < 1.29 is 9.53 Å². The molecule has 0 aliphatic heterocycles. The average molecular weight is 376 g/mol. The van der Waals surface area contributed by atoms with Gasteiger partial charge in [0.15, 0.2) is 0 Å². The van der Waals surface area contributed by atoms with E-state index in [1.54, 1.807) is 36.0 Å². The average Bonchev–Trinajstić information content (AvgIpc) is 2.91. The van der Waals surface area contributed by atoms with E-state index in [1.807, 2.05) is 30.3 Å². The molecule has 25 heavy (non-hydrogen) atoms. The van der Waals surface area contributed by atoms with Gasteiger partial charge in [0.25, 0.3) is 0 Å². The second kappa shape index (κ2) is 7.59. The highest BCUT2D eigenvalue weighted by atomic mass is 35.5. The first-order chi connectivity index (χ1) is 12.0. The number of hydrogen-bond donors (Lipinski definition) is 1. The molecular formula is C18H15Cl2N3O2. The highest BCUT2D eigenvalue weighted by Crippen LogP contribution is 2.28. The van der Waals surface area contributed by atoms with Gasteiger partial charge in [0.2, 0.25) is 0 Å². The first kappa shape index (κ1) is 17.3. The summed E-state index contributed by atoms with van der Waals surface area (Å²) >= 11 is 12.1. The van der Waals surface area contributed by atoms with Gasteiger partial charge in [-0.05, 0) is 24.3 Å². The molecule has 3 rings (SSSR count). The summed E-state index contributed by atoms with van der Waals surface area (Å²) in [6.07, 6.45) is -0.582. The summed E-state index contributed by atoms with van der Waals surface area (Å²) < 4.78 is 6.85. The zero-order valence-electron chi connectivity index (χ0n) is 13.4. The van der Waals surface area contributed by atoms with E-state index >= 15 is 0 Å². The number of amides is 1. The van der Waals surface area contributed by atoms with Crippen molar-refractivity contribution in [3.8, 4) is 11.3 Å². The summed E-state index contributed by atoms with van der Waals surface area (Å²) in [7, 11) is 1.74. The van der Waals surface area contributed by atoms with Crippen LogP contribution in [-0.2, 0) is 18.4 Å². The van der Waals surface area contributed by atoms with E-state index < -0.39 is 6.09 Å². The van der Waals surface area contributed by atoms with Crippen molar-refractivity contribution in [2.75, 3.05) is 5.32 Å². The molecular weight excluding hydrogens is 361 g/mol. The molecule has 0 aliphatic carbocycles. The van der Waals surface area contributed by atoms with Crippen LogP contribution in [-0.4, -0.2) is 15.9 Å². The molecule has 1 amide bonds. The van der Waals surface area contributed by atoms with Crippen LogP contribution in [0.15, 0.2) is 54.6 Å². The standard InChI is InChI=1S/C18H15Cl2N3O2/c1-23-17(20)15(16(22-23)12-5-3-2-4-6-12)11-25-18(24)21-14-9-7-13(19)8-10-14/h2-10H,11H2,1H3,(H,21,24). The Labute approximate surface area is 155 Å². The van der Waals surface area contributed by atoms with Crippen LogP contribution in [0, 0.1) is 0 Å². The van der Waals surface area contributed by atoms with Crippen LogP contribution in [0.25, 0.3) is 11.3 Å². The van der Waals surface area contributed by atoms with Gasteiger partial charge < -0.3 is 4.74 Å². The molecule has 128 valence electrons. The molecule has 0 fully saturated rings. The Morgan fingerprint density at radius 2 is 1.80 bits per heavy atom. The number of nitrogens with one attached hydrogen (secondary N) is 1. The van der Waals surface area contributed by atoms with E-state index in [0.29, 0.717) is 27.1 Å². The molecule has 0 aliphatic rings. The summed E-state index contributed by atoms with van der Waals surface area (Å²) in [6.45, 7) is 0.0102. The summed E-state index contributed by atoms with van der Waals surface area (Å²) in [4.78, 5) is 12.0. The molecule has 7 heteroatoms. The molecule has 0 saturated carbocycles. The van der Waals surface area contributed by atoms with Gasteiger partial charge in [-0.25, -0.2) is 4.79 Å². The quantitative estimate of drug-likeness (QED) is 0.686. The van der Waals surface area contributed by atoms with Crippen molar-refractivity contribution in [3.05, 3.63) is 70.3 Å². The van der Waals surface area contributed by atoms with Crippen molar-refractivity contribution in [3.63, 3.8) is 0 Å². The third-order valence-corrected chi connectivity index (χ3v) is 4.28. The number of aryl methyl sites for hydroxylation is 1. The van der Waals surface area contributed by atoms with Crippen LogP contribution in [0.5, 0.6) is 0 Å². The van der Waals surface area contributed by atoms with Gasteiger partial charge in [-0.2, -0.15) is 5.10 Å². The Morgan fingerprint density at radius 1 is 1.12 bits per heavy atom. The smallest absolute Gasteiger partial charge is 0.411 e. The summed E-state index contributed by atoms with van der Waals surface area (Å²) in [5.74, 6) is 0. The van der Waals surface area contributed by atoms with Crippen molar-refractivity contribution in [2.24, 2.45) is 7.05 Å². The highest BCUT2D eigenvalue weighted by molar-refractivity contribution is 6.31. The lowest BCUT2D eigenvalue weighted by molar-refractivity contribution is 0.155. The molecule has 5 nitrogen and oxygen atoms in total. The van der Waals surface area contributed by atoms with E-state index in [9.17, 15) is 4.79 Å². The Kier molecular flexibility index (Phi) is 5.26. The molecule has 0 atom stereocenters. The molecule has 0 unspecified atom stereocenters. The highest BCUT2D eigenvalue weighted by Gasteiger charge is 2.17. The van der Waals surface area contributed by atoms with E-state index in [0.717, 1.165) is 5.56 Å². The number of benzene rings is 2. The summed E-state index contributed by atoms with van der Waals surface area (Å²) in [5, 5.41) is 8.07. The number of aromatic nitrogens is 2. The Morgan fingerprint density at radius 3 is 2.48 bits per heavy atom. The summed E-state index contributed by atoms with van der Waals surface area (Å²) in [6, 6.07) is 16.3. The van der Waals surface area contributed by atoms with E-state index in [1.165, 1.54) is 0 Å². The van der Waals surface area contributed by atoms with E-state index in [2.05, 4.69) is 10.4 Å². The minimum Gasteiger partial charge on any atom is -0.444 e. The van der Waals surface area contributed by atoms with E-state index in [-0.39, 0.29) is 6.61 Å². The molecule has 0 spiro atoms. The predicted octanol–water partition coefficient (Wildman–Crippen LogP) is 5.14. The molecule has 1 heterocycles. The number of nitrogens with zero attached hydrogens (tertiary/aromatic N) is 2. The number of rotatable bonds is 4. The SMILES string of the molecule is Cn1nc(-c2ccccc2)c(COC(=O)Nc2ccc(Cl)cc2)c1Cl. The zero-order chi connectivity index (χ0) is 17.8. The number of anilines is 1. The Balaban J connectivity index is 1.72. The maximum Gasteiger partial charge on any atom is 0.411 e. The molecule has 0 bridgehead atoms. The van der Waals surface area contributed by atoms with Gasteiger partial charge in [0.05, 0.1) is 5.56 Å². The second-order valence-corrected chi connectivity index (χ2v) is 6.11. The molecule has 1 aromatic heterocycles. The molecule has 2 aromatic carbocycles. The molecule has 0 radical (unpaired) electrons. The van der Waals surface area contributed by atoms with Crippen LogP contribution in [0.1, 0.15) is 5.56 Å². The fraction of sp³-hybridized carbons (Fsp3) is 0.111. The number of hydrogen-bond acceptors (Lipinski definition) is 3. The lowest BCUT2D eigenvalue weighted by atomic mass is 10.1. The number of carbonyl (C=O) groups is 1. The minimum atomic E-state index is -0.582. The number of ether oxygens (including phenoxy) is 1. The van der Waals surface area contributed by atoms with Crippen LogP contribution in [0.2, 0.25) is 10.2 Å². The molecule has 1 N–H and O–H groups in total. The number of carbonyl (C=O) groups excluding carboxylic acids is 1. The van der Waals surface area contributed by atoms with Gasteiger partial charge in [-0.3, -0.25) is 10.00 Å². The van der Waals surface area contributed by atoms with Gasteiger partial charge in [0.1, 0.15) is 17.5 Å². The fourth-order valence-corrected chi connectivity index (χ4v) is 2.64. The van der Waals surface area contributed by atoms with Crippen molar-refractivity contribution >= 4 is 35.0 Å². The van der Waals surface area contributed by atoms with Crippen molar-refractivity contribution in [1.82, 2.24) is 9.78 Å². The number of halogens is 2. The first-order valence-corrected chi connectivity index (χ1v) is 8.26. The normalized spacial score (nSPS) is 10.5. The molecule has 0 saturated heterocycles. The van der Waals surface area contributed by atoms with Gasteiger partial charge >= 0.3 is 6.09 Å². The van der Waals surface area contributed by atoms with E-state index in [4.69, 9.17) is 27.9 Å². The van der Waals surface area contributed by atoms with Gasteiger partial charge in [0, 0.05) is 23.3 Å². The van der Waals surface area contributed by atoms with Crippen molar-refractivity contribution in [1.29, 1.82) is 0 Å². The largest absolute Gasteiger partial charge is 0.444 e. The van der Waals surface area contributed by atoms with Gasteiger partial charge in [-0.1, -0.05) is 53.5 Å². The Bertz CT molecular complexity index is 877. The first-order valence-electron chi connectivity index (χ1n) is 7.50. The predicted molar refractivity (Wildman–Crippen MR) is 98.9 cm³/mol. The second-order valence-electron chi connectivity index (χ2n) is 5.32. The van der Waals surface area contributed by atoms with Crippen LogP contribution in [0.4, 0.5) is 10.5 Å². The Hall–Kier alpha value is -2.50. The topological polar surface area (TPSA) is 56.2 Å². The monoisotopic (exact) mass is 375 g/mol.